The van der Waals surface area contributed by atoms with Gasteiger partial charge in [0, 0.05) is 28.6 Å². The molecule has 1 unspecified atom stereocenters. The van der Waals surface area contributed by atoms with Crippen molar-refractivity contribution in [3.8, 4) is 0 Å². The summed E-state index contributed by atoms with van der Waals surface area (Å²) in [5.74, 6) is 0. The number of hydrogen-bond acceptors (Lipinski definition) is 3. The third-order valence-electron chi connectivity index (χ3n) is 4.22. The average molecular weight is 286 g/mol. The van der Waals surface area contributed by atoms with Crippen LogP contribution in [0, 0.1) is 17.0 Å². The van der Waals surface area contributed by atoms with E-state index in [9.17, 15) is 15.2 Å². The summed E-state index contributed by atoms with van der Waals surface area (Å²) in [6.45, 7) is 2.46. The predicted octanol–water partition coefficient (Wildman–Crippen LogP) is 3.12. The Morgan fingerprint density at radius 3 is 2.95 bits per heavy atom. The molecule has 1 N–H and O–H groups in total. The monoisotopic (exact) mass is 286 g/mol. The van der Waals surface area contributed by atoms with Crippen molar-refractivity contribution in [1.29, 1.82) is 0 Å². The van der Waals surface area contributed by atoms with Crippen LogP contribution in [0.1, 0.15) is 41.5 Å². The molecule has 5 heteroatoms. The number of aryl methyl sites for hydroxylation is 1. The first-order valence-electron chi connectivity index (χ1n) is 7.17. The molecular formula is C16H18N2O3. The van der Waals surface area contributed by atoms with Gasteiger partial charge in [-0.15, -0.1) is 0 Å². The lowest BCUT2D eigenvalue weighted by atomic mass is 9.95. The smallest absolute Gasteiger partial charge is 0.274 e. The molecule has 0 amide bonds. The highest BCUT2D eigenvalue weighted by Crippen LogP contribution is 2.33. The Kier molecular flexibility index (Phi) is 3.51. The van der Waals surface area contributed by atoms with Crippen LogP contribution in [0.25, 0.3) is 0 Å². The number of nitro groups is 1. The van der Waals surface area contributed by atoms with Gasteiger partial charge in [-0.1, -0.05) is 18.2 Å². The highest BCUT2D eigenvalue weighted by Gasteiger charge is 2.24. The quantitative estimate of drug-likeness (QED) is 0.696. The molecule has 1 atom stereocenters. The number of aromatic nitrogens is 1. The van der Waals surface area contributed by atoms with Crippen molar-refractivity contribution in [3.63, 3.8) is 0 Å². The molecule has 5 nitrogen and oxygen atoms in total. The van der Waals surface area contributed by atoms with E-state index in [-0.39, 0.29) is 10.6 Å². The van der Waals surface area contributed by atoms with Crippen molar-refractivity contribution < 1.29 is 10.0 Å². The van der Waals surface area contributed by atoms with E-state index >= 15 is 0 Å². The fourth-order valence-corrected chi connectivity index (χ4v) is 3.15. The fraction of sp³-hybridized carbons (Fsp3) is 0.375. The lowest BCUT2D eigenvalue weighted by Crippen LogP contribution is -2.13. The first-order valence-corrected chi connectivity index (χ1v) is 7.17. The molecule has 21 heavy (non-hydrogen) atoms. The Labute approximate surface area is 123 Å². The van der Waals surface area contributed by atoms with Gasteiger partial charge in [0.15, 0.2) is 0 Å². The molecule has 1 aliphatic carbocycles. The fourth-order valence-electron chi connectivity index (χ4n) is 3.15. The Hall–Kier alpha value is -2.14. The summed E-state index contributed by atoms with van der Waals surface area (Å²) in [5.41, 5.74) is 3.99. The van der Waals surface area contributed by atoms with Gasteiger partial charge in [0.2, 0.25) is 0 Å². The van der Waals surface area contributed by atoms with E-state index in [0.29, 0.717) is 12.1 Å². The summed E-state index contributed by atoms with van der Waals surface area (Å²) in [6.07, 6.45) is 2.26. The number of nitro benzene ring substituents is 1. The van der Waals surface area contributed by atoms with Crippen LogP contribution in [0.3, 0.4) is 0 Å². The van der Waals surface area contributed by atoms with Crippen molar-refractivity contribution in [2.75, 3.05) is 0 Å². The maximum atomic E-state index is 11.1. The van der Waals surface area contributed by atoms with Gasteiger partial charge in [-0.05, 0) is 32.3 Å². The number of aliphatic hydroxyl groups excluding tert-OH is 1. The normalized spacial score (nSPS) is 17.5. The molecular weight excluding hydrogens is 268 g/mol. The van der Waals surface area contributed by atoms with Crippen LogP contribution in [0.2, 0.25) is 0 Å². The van der Waals surface area contributed by atoms with Crippen molar-refractivity contribution in [1.82, 2.24) is 4.57 Å². The minimum absolute atomic E-state index is 0.149. The Bertz CT molecular complexity index is 691. The van der Waals surface area contributed by atoms with Crippen LogP contribution < -0.4 is 0 Å². The molecule has 0 saturated heterocycles. The molecule has 1 aliphatic rings. The van der Waals surface area contributed by atoms with Gasteiger partial charge < -0.3 is 9.67 Å². The largest absolute Gasteiger partial charge is 0.388 e. The molecule has 0 spiro atoms. The van der Waals surface area contributed by atoms with Gasteiger partial charge in [0.1, 0.15) is 0 Å². The molecule has 1 aromatic carbocycles. The third-order valence-corrected chi connectivity index (χ3v) is 4.22. The van der Waals surface area contributed by atoms with Gasteiger partial charge in [0.25, 0.3) is 5.69 Å². The second-order valence-electron chi connectivity index (χ2n) is 5.57. The predicted molar refractivity (Wildman–Crippen MR) is 79.3 cm³/mol. The number of fused-ring (bicyclic) bond motifs is 1. The Morgan fingerprint density at radius 1 is 1.43 bits per heavy atom. The first-order chi connectivity index (χ1) is 10.1. The lowest BCUT2D eigenvalue weighted by Gasteiger charge is -2.20. The lowest BCUT2D eigenvalue weighted by molar-refractivity contribution is -0.385. The summed E-state index contributed by atoms with van der Waals surface area (Å²) in [4.78, 5) is 10.8. The molecule has 1 aromatic heterocycles. The van der Waals surface area contributed by atoms with Crippen LogP contribution in [0.15, 0.2) is 30.3 Å². The second kappa shape index (κ2) is 5.33. The summed E-state index contributed by atoms with van der Waals surface area (Å²) in [7, 11) is 0. The molecule has 0 radical (unpaired) electrons. The Balaban J connectivity index is 2.02. The van der Waals surface area contributed by atoms with E-state index in [4.69, 9.17) is 0 Å². The van der Waals surface area contributed by atoms with Gasteiger partial charge in [0.05, 0.1) is 17.6 Å². The van der Waals surface area contributed by atoms with E-state index in [1.165, 1.54) is 6.07 Å². The zero-order valence-corrected chi connectivity index (χ0v) is 12.0. The summed E-state index contributed by atoms with van der Waals surface area (Å²) >= 11 is 0. The number of benzene rings is 1. The number of rotatable bonds is 3. The van der Waals surface area contributed by atoms with E-state index in [1.54, 1.807) is 12.1 Å². The van der Waals surface area contributed by atoms with Gasteiger partial charge in [-0.25, -0.2) is 0 Å². The number of para-hydroxylation sites is 1. The summed E-state index contributed by atoms with van der Waals surface area (Å²) < 4.78 is 2.10. The molecule has 0 aliphatic heterocycles. The van der Waals surface area contributed by atoms with Crippen LogP contribution in [-0.4, -0.2) is 14.6 Å². The number of aliphatic hydroxyl groups is 1. The second-order valence-corrected chi connectivity index (χ2v) is 5.57. The van der Waals surface area contributed by atoms with E-state index in [1.807, 2.05) is 19.1 Å². The highest BCUT2D eigenvalue weighted by molar-refractivity contribution is 5.41. The molecule has 0 bridgehead atoms. The minimum atomic E-state index is -0.403. The van der Waals surface area contributed by atoms with Gasteiger partial charge in [-0.2, -0.15) is 0 Å². The Morgan fingerprint density at radius 2 is 2.19 bits per heavy atom. The molecule has 3 rings (SSSR count). The zero-order valence-electron chi connectivity index (χ0n) is 12.0. The van der Waals surface area contributed by atoms with E-state index in [2.05, 4.69) is 4.57 Å². The van der Waals surface area contributed by atoms with Crippen LogP contribution in [-0.2, 0) is 13.0 Å². The first kappa shape index (κ1) is 13.8. The zero-order chi connectivity index (χ0) is 15.0. The van der Waals surface area contributed by atoms with Gasteiger partial charge in [-0.3, -0.25) is 10.1 Å². The third kappa shape index (κ3) is 2.45. The van der Waals surface area contributed by atoms with E-state index in [0.717, 1.165) is 36.2 Å². The molecule has 1 heterocycles. The number of hydrogen-bond donors (Lipinski definition) is 1. The molecule has 2 aromatic rings. The standard InChI is InChI=1S/C16H18N2O3/c1-11-9-13-15(7-4-8-16(13)19)17(11)10-12-5-2-3-6-14(12)18(20)21/h2-3,5-6,9,16,19H,4,7-8,10H2,1H3. The van der Waals surface area contributed by atoms with Crippen LogP contribution in [0.5, 0.6) is 0 Å². The highest BCUT2D eigenvalue weighted by atomic mass is 16.6. The average Bonchev–Trinajstić information content (AvgIpc) is 2.78. The van der Waals surface area contributed by atoms with Crippen molar-refractivity contribution >= 4 is 5.69 Å². The van der Waals surface area contributed by atoms with Crippen molar-refractivity contribution in [3.05, 3.63) is 63.0 Å². The molecule has 0 fully saturated rings. The maximum absolute atomic E-state index is 11.1. The summed E-state index contributed by atoms with van der Waals surface area (Å²) in [6, 6.07) is 8.85. The van der Waals surface area contributed by atoms with E-state index < -0.39 is 6.10 Å². The van der Waals surface area contributed by atoms with Gasteiger partial charge >= 0.3 is 0 Å². The minimum Gasteiger partial charge on any atom is -0.388 e. The van der Waals surface area contributed by atoms with Crippen molar-refractivity contribution in [2.24, 2.45) is 0 Å². The number of nitrogens with zero attached hydrogens (tertiary/aromatic N) is 2. The van der Waals surface area contributed by atoms with Crippen LogP contribution in [0.4, 0.5) is 5.69 Å². The SMILES string of the molecule is Cc1cc2c(n1Cc1ccccc1[N+](=O)[O-])CCCC2O. The van der Waals surface area contributed by atoms with Crippen LogP contribution >= 0.6 is 0 Å². The summed E-state index contributed by atoms with van der Waals surface area (Å²) in [5, 5.41) is 21.2. The maximum Gasteiger partial charge on any atom is 0.274 e. The topological polar surface area (TPSA) is 68.3 Å². The van der Waals surface area contributed by atoms with Crippen molar-refractivity contribution in [2.45, 2.75) is 38.8 Å². The molecule has 0 saturated carbocycles. The molecule has 110 valence electrons.